The molecule has 0 aliphatic rings. The molecule has 0 aliphatic heterocycles. The predicted molar refractivity (Wildman–Crippen MR) is 56.9 cm³/mol. The minimum absolute atomic E-state index is 1.06. The van der Waals surface area contributed by atoms with Crippen LogP contribution in [0.3, 0.4) is 0 Å². The second-order valence-corrected chi connectivity index (χ2v) is 2.26. The lowest BCUT2D eigenvalue weighted by Gasteiger charge is -2.00. The van der Waals surface area contributed by atoms with Gasteiger partial charge in [0.2, 0.25) is 0 Å². The minimum atomic E-state index is 1.06. The topological polar surface area (TPSA) is 4.93 Å². The summed E-state index contributed by atoms with van der Waals surface area (Å²) in [4.78, 5) is 0. The second kappa shape index (κ2) is 5.42. The van der Waals surface area contributed by atoms with Crippen LogP contribution in [0.25, 0.3) is 11.8 Å². The van der Waals surface area contributed by atoms with Crippen LogP contribution in [-0.2, 0) is 0 Å². The quantitative estimate of drug-likeness (QED) is 0.627. The third kappa shape index (κ3) is 2.42. The summed E-state index contributed by atoms with van der Waals surface area (Å²) < 4.78 is 1.95. The van der Waals surface area contributed by atoms with Gasteiger partial charge in [0.25, 0.3) is 0 Å². The lowest BCUT2D eigenvalue weighted by molar-refractivity contribution is 1.14. The summed E-state index contributed by atoms with van der Waals surface area (Å²) in [5.41, 5.74) is 2.18. The van der Waals surface area contributed by atoms with Crippen LogP contribution < -0.4 is 0 Å². The van der Waals surface area contributed by atoms with Crippen LogP contribution in [-0.4, -0.2) is 4.57 Å². The average Bonchev–Trinajstić information content (AvgIpc) is 2.55. The molecule has 66 valence electrons. The molecule has 0 atom stereocenters. The summed E-state index contributed by atoms with van der Waals surface area (Å²) in [6, 6.07) is 4.00. The highest BCUT2D eigenvalue weighted by Gasteiger charge is 1.95. The van der Waals surface area contributed by atoms with E-state index in [0.717, 1.165) is 11.3 Å². The van der Waals surface area contributed by atoms with Gasteiger partial charge in [-0.25, -0.2) is 0 Å². The summed E-state index contributed by atoms with van der Waals surface area (Å²) in [7, 11) is 0. The zero-order valence-corrected chi connectivity index (χ0v) is 8.17. The van der Waals surface area contributed by atoms with Gasteiger partial charge in [0.1, 0.15) is 0 Å². The van der Waals surface area contributed by atoms with E-state index in [2.05, 4.69) is 13.2 Å². The summed E-state index contributed by atoms with van der Waals surface area (Å²) in [5.74, 6) is 0. The van der Waals surface area contributed by atoms with Crippen molar-refractivity contribution in [2.75, 3.05) is 0 Å². The molecule has 0 aliphatic carbocycles. The number of nitrogens with zero attached hydrogens (tertiary/aromatic N) is 1. The van der Waals surface area contributed by atoms with Crippen molar-refractivity contribution in [1.82, 2.24) is 4.57 Å². The first-order valence-electron chi connectivity index (χ1n) is 4.21. The Balaban J connectivity index is 0.000000561. The molecule has 1 heteroatoms. The fourth-order valence-corrected chi connectivity index (χ4v) is 0.915. The molecule has 0 saturated carbocycles. The maximum absolute atomic E-state index is 3.84. The number of allylic oxidation sites excluding steroid dienone is 1. The van der Waals surface area contributed by atoms with Crippen LogP contribution in [0.15, 0.2) is 31.5 Å². The van der Waals surface area contributed by atoms with Gasteiger partial charge in [-0.3, -0.25) is 0 Å². The van der Waals surface area contributed by atoms with E-state index in [9.17, 15) is 0 Å². The first kappa shape index (κ1) is 10.8. The molecule has 1 aromatic rings. The summed E-state index contributed by atoms with van der Waals surface area (Å²) in [6.45, 7) is 13.5. The van der Waals surface area contributed by atoms with Crippen LogP contribution >= 0.6 is 0 Å². The monoisotopic (exact) mass is 163 g/mol. The Morgan fingerprint density at radius 1 is 1.50 bits per heavy atom. The maximum atomic E-state index is 3.84. The van der Waals surface area contributed by atoms with Crippen molar-refractivity contribution in [2.45, 2.75) is 20.8 Å². The molecular weight excluding hydrogens is 146 g/mol. The first-order valence-corrected chi connectivity index (χ1v) is 4.21. The van der Waals surface area contributed by atoms with Gasteiger partial charge in [0.15, 0.2) is 0 Å². The van der Waals surface area contributed by atoms with Gasteiger partial charge in [0, 0.05) is 18.1 Å². The smallest absolute Gasteiger partial charge is 0.0472 e. The standard InChI is InChI=1S/C9H11N.C2H6/c1-4-10-7-5-6-9(10)8(2)3;1-2/h4-7H,1-2H2,3H3;1-2H3. The van der Waals surface area contributed by atoms with E-state index < -0.39 is 0 Å². The highest BCUT2D eigenvalue weighted by atomic mass is 14.9. The van der Waals surface area contributed by atoms with Crippen molar-refractivity contribution in [3.05, 3.63) is 37.2 Å². The molecule has 1 aromatic heterocycles. The van der Waals surface area contributed by atoms with Crippen LogP contribution in [0.2, 0.25) is 0 Å². The Labute approximate surface area is 75.0 Å². The summed E-state index contributed by atoms with van der Waals surface area (Å²) >= 11 is 0. The lowest BCUT2D eigenvalue weighted by Crippen LogP contribution is -1.87. The van der Waals surface area contributed by atoms with Gasteiger partial charge in [0.05, 0.1) is 0 Å². The minimum Gasteiger partial charge on any atom is -0.324 e. The summed E-state index contributed by atoms with van der Waals surface area (Å²) in [6.07, 6.45) is 3.72. The van der Waals surface area contributed by atoms with E-state index in [1.165, 1.54) is 0 Å². The third-order valence-electron chi connectivity index (χ3n) is 1.41. The molecule has 0 fully saturated rings. The molecule has 0 amide bonds. The Bertz CT molecular complexity index is 256. The number of aromatic nitrogens is 1. The Hall–Kier alpha value is -1.24. The van der Waals surface area contributed by atoms with Crippen molar-refractivity contribution in [2.24, 2.45) is 0 Å². The van der Waals surface area contributed by atoms with E-state index >= 15 is 0 Å². The number of hydrogen-bond donors (Lipinski definition) is 0. The molecule has 12 heavy (non-hydrogen) atoms. The highest BCUT2D eigenvalue weighted by Crippen LogP contribution is 2.11. The average molecular weight is 163 g/mol. The van der Waals surface area contributed by atoms with E-state index in [1.54, 1.807) is 6.20 Å². The van der Waals surface area contributed by atoms with Gasteiger partial charge in [-0.05, 0) is 24.6 Å². The van der Waals surface area contributed by atoms with Crippen molar-refractivity contribution in [3.63, 3.8) is 0 Å². The Morgan fingerprint density at radius 3 is 2.42 bits per heavy atom. The molecule has 1 nitrogen and oxygen atoms in total. The first-order chi connectivity index (χ1) is 5.75. The molecular formula is C11H17N. The van der Waals surface area contributed by atoms with Crippen LogP contribution in [0.5, 0.6) is 0 Å². The normalized spacial score (nSPS) is 8.25. The fourth-order valence-electron chi connectivity index (χ4n) is 0.915. The molecule has 0 N–H and O–H groups in total. The SMILES string of the molecule is C=Cn1cccc1C(=C)C.CC. The van der Waals surface area contributed by atoms with E-state index in [-0.39, 0.29) is 0 Å². The third-order valence-corrected chi connectivity index (χ3v) is 1.41. The zero-order valence-electron chi connectivity index (χ0n) is 8.17. The maximum Gasteiger partial charge on any atom is 0.0472 e. The van der Waals surface area contributed by atoms with E-state index in [0.29, 0.717) is 0 Å². The van der Waals surface area contributed by atoms with Gasteiger partial charge >= 0.3 is 0 Å². The van der Waals surface area contributed by atoms with E-state index in [1.807, 2.05) is 43.7 Å². The summed E-state index contributed by atoms with van der Waals surface area (Å²) in [5, 5.41) is 0. The highest BCUT2D eigenvalue weighted by molar-refractivity contribution is 5.60. The Kier molecular flexibility index (Phi) is 4.86. The Morgan fingerprint density at radius 2 is 2.08 bits per heavy atom. The second-order valence-electron chi connectivity index (χ2n) is 2.26. The lowest BCUT2D eigenvalue weighted by atomic mass is 10.2. The number of rotatable bonds is 2. The largest absolute Gasteiger partial charge is 0.324 e. The van der Waals surface area contributed by atoms with Crippen molar-refractivity contribution in [1.29, 1.82) is 0 Å². The van der Waals surface area contributed by atoms with Crippen molar-refractivity contribution < 1.29 is 0 Å². The molecule has 0 saturated heterocycles. The van der Waals surface area contributed by atoms with Crippen LogP contribution in [0, 0.1) is 0 Å². The van der Waals surface area contributed by atoms with Gasteiger partial charge < -0.3 is 4.57 Å². The molecule has 0 radical (unpaired) electrons. The molecule has 1 heterocycles. The van der Waals surface area contributed by atoms with Gasteiger partial charge in [-0.2, -0.15) is 0 Å². The fraction of sp³-hybridized carbons (Fsp3) is 0.273. The van der Waals surface area contributed by atoms with Crippen LogP contribution in [0.4, 0.5) is 0 Å². The number of hydrogen-bond acceptors (Lipinski definition) is 0. The van der Waals surface area contributed by atoms with Crippen molar-refractivity contribution >= 4 is 11.8 Å². The molecule has 0 spiro atoms. The molecule has 0 aromatic carbocycles. The van der Waals surface area contributed by atoms with Crippen LogP contribution in [0.1, 0.15) is 26.5 Å². The molecule has 1 rings (SSSR count). The van der Waals surface area contributed by atoms with E-state index in [4.69, 9.17) is 0 Å². The van der Waals surface area contributed by atoms with Gasteiger partial charge in [-0.1, -0.05) is 27.0 Å². The molecule has 0 bridgehead atoms. The van der Waals surface area contributed by atoms with Crippen molar-refractivity contribution in [3.8, 4) is 0 Å². The zero-order chi connectivity index (χ0) is 9.56. The predicted octanol–water partition coefficient (Wildman–Crippen LogP) is 3.65. The molecule has 0 unspecified atom stereocenters. The van der Waals surface area contributed by atoms with Gasteiger partial charge in [-0.15, -0.1) is 0 Å².